The summed E-state index contributed by atoms with van der Waals surface area (Å²) in [6.45, 7) is 5.61. The Morgan fingerprint density at radius 3 is 2.24 bits per heavy atom. The molecule has 7 nitrogen and oxygen atoms in total. The van der Waals surface area contributed by atoms with Gasteiger partial charge in [0.05, 0.1) is 12.4 Å². The first-order valence-electron chi connectivity index (χ1n) is 11.9. The Morgan fingerprint density at radius 1 is 0.973 bits per heavy atom. The molecule has 0 radical (unpaired) electrons. The van der Waals surface area contributed by atoms with E-state index in [-0.39, 0.29) is 12.4 Å². The minimum absolute atomic E-state index is 0. The van der Waals surface area contributed by atoms with E-state index in [0.717, 1.165) is 34.3 Å². The molecule has 0 aliphatic rings. The van der Waals surface area contributed by atoms with Crippen molar-refractivity contribution < 1.29 is 23.1 Å². The molecule has 0 aromatic heterocycles. The minimum atomic E-state index is -3.64. The third-order valence-corrected chi connectivity index (χ3v) is 6.07. The number of hydrogen-bond donors (Lipinski definition) is 3. The van der Waals surface area contributed by atoms with Crippen LogP contribution in [0, 0.1) is 5.92 Å². The first kappa shape index (κ1) is 30.3. The van der Waals surface area contributed by atoms with Gasteiger partial charge in [0.1, 0.15) is 12.4 Å². The number of halogens is 1. The number of ether oxygens (including phenoxy) is 1. The van der Waals surface area contributed by atoms with Gasteiger partial charge in [0.15, 0.2) is 0 Å². The van der Waals surface area contributed by atoms with E-state index in [1.807, 2.05) is 80.6 Å². The molecule has 0 unspecified atom stereocenters. The summed E-state index contributed by atoms with van der Waals surface area (Å²) in [5, 5.41) is 13.4. The lowest BCUT2D eigenvalue weighted by Crippen LogP contribution is -2.30. The maximum absolute atomic E-state index is 12.5. The topological polar surface area (TPSA) is 105 Å². The molecular weight excluding hydrogens is 512 g/mol. The number of aliphatic hydroxyl groups excluding tert-OH is 1. The van der Waals surface area contributed by atoms with Crippen LogP contribution in [0.25, 0.3) is 11.1 Å². The smallest absolute Gasteiger partial charge is 0.264 e. The Labute approximate surface area is 225 Å². The summed E-state index contributed by atoms with van der Waals surface area (Å²) < 4.78 is 30.9. The van der Waals surface area contributed by atoms with Crippen LogP contribution in [0.5, 0.6) is 5.75 Å². The monoisotopic (exact) mass is 546 g/mol. The Bertz CT molecular complexity index is 1250. The molecule has 37 heavy (non-hydrogen) atoms. The van der Waals surface area contributed by atoms with Gasteiger partial charge >= 0.3 is 0 Å². The SMILES string of the molecule is CC(C)Cc1cc(-c2ccc(OCCNC[C@H](O)c3ccccc3)cc2)ccc1C(=O)NS(C)(=O)=O.Cl. The Morgan fingerprint density at radius 2 is 1.62 bits per heavy atom. The van der Waals surface area contributed by atoms with Crippen LogP contribution in [-0.2, 0) is 16.4 Å². The molecule has 0 aliphatic carbocycles. The molecule has 0 heterocycles. The molecule has 0 bridgehead atoms. The molecule has 9 heteroatoms. The zero-order valence-corrected chi connectivity index (χ0v) is 22.9. The lowest BCUT2D eigenvalue weighted by atomic mass is 9.93. The van der Waals surface area contributed by atoms with Crippen LogP contribution in [0.1, 0.15) is 41.4 Å². The van der Waals surface area contributed by atoms with Gasteiger partial charge in [-0.05, 0) is 52.8 Å². The second-order valence-corrected chi connectivity index (χ2v) is 10.9. The van der Waals surface area contributed by atoms with Crippen molar-refractivity contribution in [2.45, 2.75) is 26.4 Å². The van der Waals surface area contributed by atoms with Crippen LogP contribution in [0.3, 0.4) is 0 Å². The van der Waals surface area contributed by atoms with Crippen LogP contribution in [0.4, 0.5) is 0 Å². The lowest BCUT2D eigenvalue weighted by Gasteiger charge is -2.14. The van der Waals surface area contributed by atoms with Crippen LogP contribution in [-0.4, -0.2) is 45.4 Å². The van der Waals surface area contributed by atoms with E-state index in [1.54, 1.807) is 6.07 Å². The zero-order chi connectivity index (χ0) is 26.1. The minimum Gasteiger partial charge on any atom is -0.492 e. The molecule has 0 saturated carbocycles. The molecule has 1 amide bonds. The van der Waals surface area contributed by atoms with Gasteiger partial charge in [-0.25, -0.2) is 13.1 Å². The Balaban J connectivity index is 0.00000481. The molecule has 3 aromatic rings. The van der Waals surface area contributed by atoms with E-state index in [0.29, 0.717) is 37.6 Å². The van der Waals surface area contributed by atoms with Crippen LogP contribution in [0.2, 0.25) is 0 Å². The predicted molar refractivity (Wildman–Crippen MR) is 150 cm³/mol. The fourth-order valence-corrected chi connectivity index (χ4v) is 4.29. The summed E-state index contributed by atoms with van der Waals surface area (Å²) in [5.74, 6) is 0.410. The van der Waals surface area contributed by atoms with Gasteiger partial charge in [0.2, 0.25) is 10.0 Å². The van der Waals surface area contributed by atoms with E-state index in [1.165, 1.54) is 0 Å². The number of aliphatic hydroxyl groups is 1. The summed E-state index contributed by atoms with van der Waals surface area (Å²) in [6.07, 6.45) is 1.05. The standard InChI is InChI=1S/C28H34N2O5S.ClH/c1-20(2)17-24-18-23(11-14-26(24)28(32)30-36(3,33)34)21-9-12-25(13-10-21)35-16-15-29-19-27(31)22-7-5-4-6-8-22;/h4-14,18,20,27,29,31H,15-17,19H2,1-3H3,(H,30,32);1H/t27-;/m0./s1. The van der Waals surface area contributed by atoms with Crippen molar-refractivity contribution in [3.8, 4) is 16.9 Å². The molecular formula is C28H35ClN2O5S. The highest BCUT2D eigenvalue weighted by molar-refractivity contribution is 7.89. The van der Waals surface area contributed by atoms with Crippen LogP contribution < -0.4 is 14.8 Å². The zero-order valence-electron chi connectivity index (χ0n) is 21.3. The largest absolute Gasteiger partial charge is 0.492 e. The number of carbonyl (C=O) groups excluding carboxylic acids is 1. The first-order valence-corrected chi connectivity index (χ1v) is 13.8. The third-order valence-electron chi connectivity index (χ3n) is 5.51. The Kier molecular flexibility index (Phi) is 11.6. The molecule has 0 spiro atoms. The van der Waals surface area contributed by atoms with Crippen molar-refractivity contribution in [2.24, 2.45) is 5.92 Å². The molecule has 1 atom stereocenters. The molecule has 3 rings (SSSR count). The highest BCUT2D eigenvalue weighted by atomic mass is 35.5. The molecule has 3 N–H and O–H groups in total. The number of nitrogens with one attached hydrogen (secondary N) is 2. The van der Waals surface area contributed by atoms with Crippen molar-refractivity contribution in [3.63, 3.8) is 0 Å². The van der Waals surface area contributed by atoms with E-state index < -0.39 is 22.0 Å². The Hall–Kier alpha value is -2.91. The average molecular weight is 547 g/mol. The summed E-state index contributed by atoms with van der Waals surface area (Å²) >= 11 is 0. The van der Waals surface area contributed by atoms with Gasteiger partial charge < -0.3 is 15.2 Å². The average Bonchev–Trinajstić information content (AvgIpc) is 2.83. The summed E-state index contributed by atoms with van der Waals surface area (Å²) in [4.78, 5) is 12.5. The number of sulfonamides is 1. The maximum atomic E-state index is 12.5. The van der Waals surface area contributed by atoms with Gasteiger partial charge in [-0.15, -0.1) is 12.4 Å². The van der Waals surface area contributed by atoms with Crippen molar-refractivity contribution in [1.82, 2.24) is 10.0 Å². The highest BCUT2D eigenvalue weighted by Crippen LogP contribution is 2.26. The quantitative estimate of drug-likeness (QED) is 0.291. The van der Waals surface area contributed by atoms with Crippen molar-refractivity contribution in [3.05, 3.63) is 89.5 Å². The van der Waals surface area contributed by atoms with E-state index in [4.69, 9.17) is 4.74 Å². The second-order valence-electron chi connectivity index (χ2n) is 9.18. The fourth-order valence-electron chi connectivity index (χ4n) is 3.84. The molecule has 200 valence electrons. The van der Waals surface area contributed by atoms with Crippen LogP contribution in [0.15, 0.2) is 72.8 Å². The van der Waals surface area contributed by atoms with Gasteiger partial charge in [-0.3, -0.25) is 4.79 Å². The highest BCUT2D eigenvalue weighted by Gasteiger charge is 2.17. The lowest BCUT2D eigenvalue weighted by molar-refractivity contribution is 0.0980. The second kappa shape index (κ2) is 14.1. The summed E-state index contributed by atoms with van der Waals surface area (Å²) in [5.41, 5.74) is 3.94. The molecule has 0 saturated heterocycles. The predicted octanol–water partition coefficient (Wildman–Crippen LogP) is 4.37. The number of benzene rings is 3. The third kappa shape index (κ3) is 9.81. The van der Waals surface area contributed by atoms with Crippen molar-refractivity contribution in [1.29, 1.82) is 0 Å². The number of hydrogen-bond acceptors (Lipinski definition) is 6. The van der Waals surface area contributed by atoms with Gasteiger partial charge in [0.25, 0.3) is 5.91 Å². The maximum Gasteiger partial charge on any atom is 0.264 e. The molecule has 0 fully saturated rings. The van der Waals surface area contributed by atoms with E-state index in [9.17, 15) is 18.3 Å². The van der Waals surface area contributed by atoms with E-state index in [2.05, 4.69) is 10.0 Å². The van der Waals surface area contributed by atoms with Crippen LogP contribution >= 0.6 is 12.4 Å². The molecule has 3 aromatic carbocycles. The summed E-state index contributed by atoms with van der Waals surface area (Å²) in [7, 11) is -3.64. The van der Waals surface area contributed by atoms with E-state index >= 15 is 0 Å². The normalized spacial score (nSPS) is 12.0. The van der Waals surface area contributed by atoms with Gasteiger partial charge in [0, 0.05) is 18.7 Å². The number of carbonyl (C=O) groups is 1. The fraction of sp³-hybridized carbons (Fsp3) is 0.321. The summed E-state index contributed by atoms with van der Waals surface area (Å²) in [6, 6.07) is 22.6. The van der Waals surface area contributed by atoms with Gasteiger partial charge in [-0.2, -0.15) is 0 Å². The van der Waals surface area contributed by atoms with Gasteiger partial charge in [-0.1, -0.05) is 68.4 Å². The molecule has 0 aliphatic heterocycles. The first-order chi connectivity index (χ1) is 17.1. The number of amides is 1. The van der Waals surface area contributed by atoms with Crippen molar-refractivity contribution in [2.75, 3.05) is 26.0 Å². The van der Waals surface area contributed by atoms with Crippen molar-refractivity contribution >= 4 is 28.3 Å². The number of rotatable bonds is 12.